The van der Waals surface area contributed by atoms with E-state index in [0.29, 0.717) is 0 Å². The van der Waals surface area contributed by atoms with Gasteiger partial charge in [0.15, 0.2) is 0 Å². The number of nitrogens with zero attached hydrogens (tertiary/aromatic N) is 2. The molecule has 0 unspecified atom stereocenters. The number of aromatic nitrogens is 2. The first kappa shape index (κ1) is 18.8. The van der Waals surface area contributed by atoms with Crippen molar-refractivity contribution in [3.05, 3.63) is 82.6 Å². The molecule has 0 aliphatic carbocycles. The molecule has 1 heterocycles. The van der Waals surface area contributed by atoms with Crippen molar-refractivity contribution in [2.75, 3.05) is 0 Å². The van der Waals surface area contributed by atoms with Gasteiger partial charge < -0.3 is 0 Å². The van der Waals surface area contributed by atoms with Crippen LogP contribution in [-0.4, -0.2) is 9.55 Å². The lowest BCUT2D eigenvalue weighted by atomic mass is 9.86. The molecule has 0 amide bonds. The molecule has 3 aromatic carbocycles. The van der Waals surface area contributed by atoms with E-state index < -0.39 is 0 Å². The van der Waals surface area contributed by atoms with Crippen LogP contribution in [0.2, 0.25) is 5.02 Å². The van der Waals surface area contributed by atoms with Crippen LogP contribution in [0.3, 0.4) is 0 Å². The minimum atomic E-state index is 0.132. The van der Waals surface area contributed by atoms with Crippen LogP contribution in [0.5, 0.6) is 0 Å². The Morgan fingerprint density at radius 2 is 1.57 bits per heavy atom. The van der Waals surface area contributed by atoms with E-state index in [-0.39, 0.29) is 5.41 Å². The number of halogens is 1. The zero-order valence-electron chi connectivity index (χ0n) is 17.0. The lowest BCUT2D eigenvalue weighted by molar-refractivity contribution is 0.590. The lowest BCUT2D eigenvalue weighted by Crippen LogP contribution is -2.10. The molecule has 3 heteroatoms. The maximum Gasteiger partial charge on any atom is 0.111 e. The van der Waals surface area contributed by atoms with E-state index >= 15 is 0 Å². The Morgan fingerprint density at radius 3 is 2.25 bits per heavy atom. The van der Waals surface area contributed by atoms with Crippen molar-refractivity contribution in [2.24, 2.45) is 0 Å². The molecule has 0 fully saturated rings. The molecule has 142 valence electrons. The van der Waals surface area contributed by atoms with E-state index in [0.717, 1.165) is 38.7 Å². The van der Waals surface area contributed by atoms with Gasteiger partial charge in [0.1, 0.15) is 5.82 Å². The second-order valence-corrected chi connectivity index (χ2v) is 8.83. The monoisotopic (exact) mass is 388 g/mol. The summed E-state index contributed by atoms with van der Waals surface area (Å²) in [5, 5.41) is 0.750. The average molecular weight is 389 g/mol. The van der Waals surface area contributed by atoms with Gasteiger partial charge in [-0.1, -0.05) is 68.8 Å². The van der Waals surface area contributed by atoms with Crippen LogP contribution in [0.4, 0.5) is 0 Å². The van der Waals surface area contributed by atoms with Gasteiger partial charge in [-0.25, -0.2) is 4.98 Å². The highest BCUT2D eigenvalue weighted by Gasteiger charge is 2.17. The fraction of sp³-hybridized carbons (Fsp3) is 0.240. The second-order valence-electron chi connectivity index (χ2n) is 8.46. The number of hydrogen-bond donors (Lipinski definition) is 0. The molecule has 0 aliphatic rings. The van der Waals surface area contributed by atoms with Crippen LogP contribution in [0.15, 0.2) is 60.7 Å². The maximum absolute atomic E-state index is 6.96. The summed E-state index contributed by atoms with van der Waals surface area (Å²) >= 11 is 6.96. The Balaban J connectivity index is 1.90. The van der Waals surface area contributed by atoms with Gasteiger partial charge >= 0.3 is 0 Å². The molecule has 4 aromatic rings. The number of rotatable bonds is 2. The minimum absolute atomic E-state index is 0.132. The van der Waals surface area contributed by atoms with Crippen LogP contribution < -0.4 is 0 Å². The molecule has 0 spiro atoms. The quantitative estimate of drug-likeness (QED) is 0.353. The third-order valence-electron chi connectivity index (χ3n) is 5.23. The molecule has 0 N–H and O–H groups in total. The first-order chi connectivity index (χ1) is 13.3. The average Bonchev–Trinajstić information content (AvgIpc) is 2.98. The summed E-state index contributed by atoms with van der Waals surface area (Å²) < 4.78 is 2.15. The SMILES string of the molecule is Cc1cc(-c2ccc(C(C)(C)C)cc2)c(Cl)c(-n2c(C)nc3ccccc32)c1. The van der Waals surface area contributed by atoms with E-state index in [2.05, 4.69) is 74.7 Å². The number of fused-ring (bicyclic) bond motifs is 1. The van der Waals surface area contributed by atoms with Gasteiger partial charge in [0.05, 0.1) is 21.7 Å². The summed E-state index contributed by atoms with van der Waals surface area (Å²) in [6.45, 7) is 10.8. The highest BCUT2D eigenvalue weighted by atomic mass is 35.5. The van der Waals surface area contributed by atoms with E-state index in [4.69, 9.17) is 16.6 Å². The molecule has 0 saturated carbocycles. The highest BCUT2D eigenvalue weighted by Crippen LogP contribution is 2.37. The molecule has 0 atom stereocenters. The summed E-state index contributed by atoms with van der Waals surface area (Å²) in [5.74, 6) is 0.933. The third kappa shape index (κ3) is 3.22. The first-order valence-corrected chi connectivity index (χ1v) is 9.99. The van der Waals surface area contributed by atoms with Crippen LogP contribution >= 0.6 is 11.6 Å². The fourth-order valence-electron chi connectivity index (χ4n) is 3.72. The van der Waals surface area contributed by atoms with Crippen LogP contribution in [0, 0.1) is 13.8 Å². The Hall–Kier alpha value is -2.58. The number of para-hydroxylation sites is 2. The van der Waals surface area contributed by atoms with Crippen molar-refractivity contribution < 1.29 is 0 Å². The van der Waals surface area contributed by atoms with Crippen molar-refractivity contribution in [2.45, 2.75) is 40.0 Å². The summed E-state index contributed by atoms with van der Waals surface area (Å²) in [4.78, 5) is 4.71. The molecule has 28 heavy (non-hydrogen) atoms. The van der Waals surface area contributed by atoms with Gasteiger partial charge in [-0.2, -0.15) is 0 Å². The van der Waals surface area contributed by atoms with Crippen LogP contribution in [0.1, 0.15) is 37.7 Å². The summed E-state index contributed by atoms with van der Waals surface area (Å²) in [7, 11) is 0. The van der Waals surface area contributed by atoms with Crippen LogP contribution in [-0.2, 0) is 5.41 Å². The van der Waals surface area contributed by atoms with Crippen molar-refractivity contribution in [1.82, 2.24) is 9.55 Å². The molecule has 1 aromatic heterocycles. The maximum atomic E-state index is 6.96. The molecule has 2 nitrogen and oxygen atoms in total. The van der Waals surface area contributed by atoms with Gasteiger partial charge in [-0.05, 0) is 60.2 Å². The van der Waals surface area contributed by atoms with Gasteiger partial charge in [0.25, 0.3) is 0 Å². The Bertz CT molecular complexity index is 1160. The molecular formula is C25H25ClN2. The standard InChI is InChI=1S/C25H25ClN2/c1-16-14-20(18-10-12-19(13-11-18)25(3,4)5)24(26)23(15-16)28-17(2)27-21-8-6-7-9-22(21)28/h6-15H,1-5H3. The third-order valence-corrected chi connectivity index (χ3v) is 5.63. The predicted molar refractivity (Wildman–Crippen MR) is 120 cm³/mol. The van der Waals surface area contributed by atoms with Gasteiger partial charge in [0.2, 0.25) is 0 Å². The first-order valence-electron chi connectivity index (χ1n) is 9.61. The van der Waals surface area contributed by atoms with Gasteiger partial charge in [-0.15, -0.1) is 0 Å². The lowest BCUT2D eigenvalue weighted by Gasteiger charge is -2.20. The fourth-order valence-corrected chi connectivity index (χ4v) is 4.03. The summed E-state index contributed by atoms with van der Waals surface area (Å²) in [6.07, 6.45) is 0. The highest BCUT2D eigenvalue weighted by molar-refractivity contribution is 6.35. The van der Waals surface area contributed by atoms with Crippen molar-refractivity contribution >= 4 is 22.6 Å². The Morgan fingerprint density at radius 1 is 0.893 bits per heavy atom. The number of benzene rings is 3. The largest absolute Gasteiger partial charge is 0.295 e. The van der Waals surface area contributed by atoms with E-state index in [1.165, 1.54) is 11.1 Å². The Labute approximate surface area is 171 Å². The minimum Gasteiger partial charge on any atom is -0.295 e. The van der Waals surface area contributed by atoms with Gasteiger partial charge in [-0.3, -0.25) is 4.57 Å². The zero-order valence-corrected chi connectivity index (χ0v) is 17.8. The predicted octanol–water partition coefficient (Wildman–Crippen LogP) is 7.26. The zero-order chi connectivity index (χ0) is 20.1. The Kier molecular flexibility index (Phi) is 4.55. The summed E-state index contributed by atoms with van der Waals surface area (Å²) in [6, 6.07) is 21.2. The van der Waals surface area contributed by atoms with Crippen molar-refractivity contribution in [3.8, 4) is 16.8 Å². The van der Waals surface area contributed by atoms with Gasteiger partial charge in [0, 0.05) is 5.56 Å². The topological polar surface area (TPSA) is 17.8 Å². The molecule has 0 bridgehead atoms. The van der Waals surface area contributed by atoms with E-state index in [9.17, 15) is 0 Å². The van der Waals surface area contributed by atoms with E-state index in [1.54, 1.807) is 0 Å². The molecule has 0 radical (unpaired) electrons. The summed E-state index contributed by atoms with van der Waals surface area (Å²) in [5.41, 5.74) is 7.83. The van der Waals surface area contributed by atoms with Crippen LogP contribution in [0.25, 0.3) is 27.8 Å². The number of aryl methyl sites for hydroxylation is 2. The normalized spacial score (nSPS) is 11.9. The van der Waals surface area contributed by atoms with Crippen molar-refractivity contribution in [3.63, 3.8) is 0 Å². The smallest absolute Gasteiger partial charge is 0.111 e. The number of hydrogen-bond acceptors (Lipinski definition) is 1. The number of imidazole rings is 1. The molecular weight excluding hydrogens is 364 g/mol. The van der Waals surface area contributed by atoms with E-state index in [1.807, 2.05) is 25.1 Å². The molecule has 4 rings (SSSR count). The van der Waals surface area contributed by atoms with Crippen molar-refractivity contribution in [1.29, 1.82) is 0 Å². The molecule has 0 aliphatic heterocycles. The second kappa shape index (κ2) is 6.79. The molecule has 0 saturated heterocycles.